The summed E-state index contributed by atoms with van der Waals surface area (Å²) in [5, 5.41) is 0.558. The summed E-state index contributed by atoms with van der Waals surface area (Å²) in [6.45, 7) is 0. The number of rotatable bonds is 3. The van der Waals surface area contributed by atoms with E-state index < -0.39 is 5.82 Å². The molecule has 5 heteroatoms. The fourth-order valence-corrected chi connectivity index (χ4v) is 1.92. The van der Waals surface area contributed by atoms with Gasteiger partial charge in [0.15, 0.2) is 5.78 Å². The molecule has 2 aromatic rings. The molecule has 2 nitrogen and oxygen atoms in total. The molecule has 0 aliphatic carbocycles. The molecule has 0 N–H and O–H groups in total. The highest BCUT2D eigenvalue weighted by molar-refractivity contribution is 6.33. The molecule has 0 radical (unpaired) electrons. The molecule has 0 bridgehead atoms. The lowest BCUT2D eigenvalue weighted by molar-refractivity contribution is 0.0992. The summed E-state index contributed by atoms with van der Waals surface area (Å²) in [4.78, 5) is 15.7. The van der Waals surface area contributed by atoms with Crippen molar-refractivity contribution in [2.45, 2.75) is 6.42 Å². The van der Waals surface area contributed by atoms with Crippen LogP contribution in [-0.2, 0) is 6.42 Å². The molecule has 18 heavy (non-hydrogen) atoms. The Bertz CT molecular complexity index is 601. The van der Waals surface area contributed by atoms with Gasteiger partial charge in [-0.3, -0.25) is 9.78 Å². The molecular formula is C13H8Cl2FNO. The van der Waals surface area contributed by atoms with Gasteiger partial charge in [0.2, 0.25) is 0 Å². The third kappa shape index (κ3) is 2.86. The van der Waals surface area contributed by atoms with Crippen LogP contribution in [0.4, 0.5) is 4.39 Å². The van der Waals surface area contributed by atoms with Crippen molar-refractivity contribution in [3.05, 3.63) is 63.6 Å². The first kappa shape index (κ1) is 13.0. The van der Waals surface area contributed by atoms with E-state index in [0.717, 1.165) is 0 Å². The number of nitrogens with zero attached hydrogens (tertiary/aromatic N) is 1. The number of halogens is 3. The van der Waals surface area contributed by atoms with Gasteiger partial charge in [-0.05, 0) is 23.8 Å². The van der Waals surface area contributed by atoms with Gasteiger partial charge in [0.05, 0.1) is 5.02 Å². The molecule has 1 aromatic carbocycles. The van der Waals surface area contributed by atoms with Crippen molar-refractivity contribution < 1.29 is 9.18 Å². The number of carbonyl (C=O) groups excluding carboxylic acids is 1. The van der Waals surface area contributed by atoms with Crippen molar-refractivity contribution in [3.8, 4) is 0 Å². The number of aromatic nitrogens is 1. The van der Waals surface area contributed by atoms with Crippen molar-refractivity contribution in [1.29, 1.82) is 0 Å². The Labute approximate surface area is 113 Å². The van der Waals surface area contributed by atoms with Gasteiger partial charge in [0.1, 0.15) is 5.82 Å². The minimum Gasteiger partial charge on any atom is -0.294 e. The van der Waals surface area contributed by atoms with Crippen molar-refractivity contribution in [2.75, 3.05) is 0 Å². The van der Waals surface area contributed by atoms with Crippen molar-refractivity contribution >= 4 is 29.0 Å². The van der Waals surface area contributed by atoms with Crippen LogP contribution in [0.3, 0.4) is 0 Å². The average Bonchev–Trinajstić information content (AvgIpc) is 2.33. The molecule has 1 aromatic heterocycles. The highest BCUT2D eigenvalue weighted by atomic mass is 35.5. The third-order valence-electron chi connectivity index (χ3n) is 2.44. The summed E-state index contributed by atoms with van der Waals surface area (Å²) in [7, 11) is 0. The predicted octanol–water partition coefficient (Wildman–Crippen LogP) is 3.95. The predicted molar refractivity (Wildman–Crippen MR) is 68.7 cm³/mol. The van der Waals surface area contributed by atoms with Gasteiger partial charge in [-0.1, -0.05) is 29.3 Å². The van der Waals surface area contributed by atoms with Gasteiger partial charge in [0.25, 0.3) is 0 Å². The first-order valence-electron chi connectivity index (χ1n) is 5.14. The number of carbonyl (C=O) groups is 1. The SMILES string of the molecule is O=C(Cc1ccc(Cl)cc1F)c1ccncc1Cl. The highest BCUT2D eigenvalue weighted by Gasteiger charge is 2.13. The van der Waals surface area contributed by atoms with Crippen LogP contribution in [0.5, 0.6) is 0 Å². The third-order valence-corrected chi connectivity index (χ3v) is 2.98. The van der Waals surface area contributed by atoms with E-state index in [0.29, 0.717) is 10.6 Å². The maximum absolute atomic E-state index is 13.5. The lowest BCUT2D eigenvalue weighted by atomic mass is 10.0. The molecule has 1 heterocycles. The van der Waals surface area contributed by atoms with E-state index in [1.807, 2.05) is 0 Å². The minimum absolute atomic E-state index is 0.0628. The van der Waals surface area contributed by atoms with E-state index in [9.17, 15) is 9.18 Å². The highest BCUT2D eigenvalue weighted by Crippen LogP contribution is 2.19. The van der Waals surface area contributed by atoms with Gasteiger partial charge in [0, 0.05) is 29.4 Å². The molecule has 0 saturated carbocycles. The maximum Gasteiger partial charge on any atom is 0.168 e. The fraction of sp³-hybridized carbons (Fsp3) is 0.0769. The van der Waals surface area contributed by atoms with Crippen LogP contribution in [-0.4, -0.2) is 10.8 Å². The summed E-state index contributed by atoms with van der Waals surface area (Å²) in [5.74, 6) is -0.760. The Hall–Kier alpha value is -1.45. The molecular weight excluding hydrogens is 276 g/mol. The summed E-state index contributed by atoms with van der Waals surface area (Å²) < 4.78 is 13.5. The Morgan fingerprint density at radius 2 is 2.06 bits per heavy atom. The molecule has 0 unspecified atom stereocenters. The Morgan fingerprint density at radius 1 is 1.28 bits per heavy atom. The second-order valence-electron chi connectivity index (χ2n) is 3.69. The molecule has 0 saturated heterocycles. The van der Waals surface area contributed by atoms with Crippen LogP contribution in [0.2, 0.25) is 10.0 Å². The zero-order valence-corrected chi connectivity index (χ0v) is 10.7. The molecule has 0 fully saturated rings. The van der Waals surface area contributed by atoms with E-state index in [2.05, 4.69) is 4.98 Å². The van der Waals surface area contributed by atoms with Crippen LogP contribution < -0.4 is 0 Å². The van der Waals surface area contributed by atoms with E-state index in [1.54, 1.807) is 6.07 Å². The fourth-order valence-electron chi connectivity index (χ4n) is 1.53. The summed E-state index contributed by atoms with van der Waals surface area (Å²) in [5.41, 5.74) is 0.623. The van der Waals surface area contributed by atoms with Gasteiger partial charge in [-0.2, -0.15) is 0 Å². The lowest BCUT2D eigenvalue weighted by Gasteiger charge is -2.04. The van der Waals surface area contributed by atoms with Crippen LogP contribution >= 0.6 is 23.2 Å². The first-order valence-corrected chi connectivity index (χ1v) is 5.90. The summed E-state index contributed by atoms with van der Waals surface area (Å²) in [6, 6.07) is 5.73. The summed E-state index contributed by atoms with van der Waals surface area (Å²) in [6.07, 6.45) is 2.79. The van der Waals surface area contributed by atoms with E-state index in [-0.39, 0.29) is 22.8 Å². The normalized spacial score (nSPS) is 10.4. The van der Waals surface area contributed by atoms with Crippen LogP contribution in [0.15, 0.2) is 36.7 Å². The molecule has 0 spiro atoms. The lowest BCUT2D eigenvalue weighted by Crippen LogP contribution is -2.06. The molecule has 92 valence electrons. The number of hydrogen-bond acceptors (Lipinski definition) is 2. The van der Waals surface area contributed by atoms with Crippen LogP contribution in [0.1, 0.15) is 15.9 Å². The second-order valence-corrected chi connectivity index (χ2v) is 4.53. The van der Waals surface area contributed by atoms with Crippen molar-refractivity contribution in [1.82, 2.24) is 4.98 Å². The standard InChI is InChI=1S/C13H8Cl2FNO/c14-9-2-1-8(12(16)6-9)5-13(18)10-3-4-17-7-11(10)15/h1-4,6-7H,5H2. The van der Waals surface area contributed by atoms with E-state index >= 15 is 0 Å². The van der Waals surface area contributed by atoms with Crippen molar-refractivity contribution in [2.24, 2.45) is 0 Å². The quantitative estimate of drug-likeness (QED) is 0.799. The average molecular weight is 284 g/mol. The molecule has 2 rings (SSSR count). The first-order chi connectivity index (χ1) is 8.58. The van der Waals surface area contributed by atoms with Gasteiger partial charge in [-0.25, -0.2) is 4.39 Å². The van der Waals surface area contributed by atoms with Crippen LogP contribution in [0.25, 0.3) is 0 Å². The smallest absolute Gasteiger partial charge is 0.168 e. The maximum atomic E-state index is 13.5. The topological polar surface area (TPSA) is 30.0 Å². The minimum atomic E-state index is -0.499. The Balaban J connectivity index is 2.24. The Morgan fingerprint density at radius 3 is 2.72 bits per heavy atom. The van der Waals surface area contributed by atoms with Gasteiger partial charge in [-0.15, -0.1) is 0 Å². The van der Waals surface area contributed by atoms with Crippen molar-refractivity contribution in [3.63, 3.8) is 0 Å². The molecule has 0 atom stereocenters. The molecule has 0 aliphatic rings. The number of benzene rings is 1. The zero-order chi connectivity index (χ0) is 13.1. The number of Topliss-reactive ketones (excluding diaryl/α,β-unsaturated/α-hetero) is 1. The zero-order valence-electron chi connectivity index (χ0n) is 9.16. The number of pyridine rings is 1. The summed E-state index contributed by atoms with van der Waals surface area (Å²) >= 11 is 11.5. The number of hydrogen-bond donors (Lipinski definition) is 0. The van der Waals surface area contributed by atoms with Gasteiger partial charge >= 0.3 is 0 Å². The molecule has 0 amide bonds. The van der Waals surface area contributed by atoms with E-state index in [1.165, 1.54) is 30.6 Å². The van der Waals surface area contributed by atoms with E-state index in [4.69, 9.17) is 23.2 Å². The monoisotopic (exact) mass is 283 g/mol. The number of ketones is 1. The largest absolute Gasteiger partial charge is 0.294 e. The second kappa shape index (κ2) is 5.46. The van der Waals surface area contributed by atoms with Crippen LogP contribution in [0, 0.1) is 5.82 Å². The Kier molecular flexibility index (Phi) is 3.94. The molecule has 0 aliphatic heterocycles. The van der Waals surface area contributed by atoms with Gasteiger partial charge < -0.3 is 0 Å².